The maximum Gasteiger partial charge on any atom is 0.317 e. The van der Waals surface area contributed by atoms with Gasteiger partial charge in [0.15, 0.2) is 0 Å². The van der Waals surface area contributed by atoms with E-state index in [1.54, 1.807) is 0 Å². The lowest BCUT2D eigenvalue weighted by Gasteiger charge is -2.42. The van der Waals surface area contributed by atoms with Crippen molar-refractivity contribution in [3.63, 3.8) is 0 Å². The van der Waals surface area contributed by atoms with Crippen molar-refractivity contribution in [1.82, 2.24) is 10.2 Å². The van der Waals surface area contributed by atoms with Crippen LogP contribution in [0.2, 0.25) is 0 Å². The first kappa shape index (κ1) is 17.2. The number of likely N-dealkylation sites (N-methyl/N-ethyl adjacent to an activating group) is 1. The number of nitrogens with one attached hydrogen (secondary N) is 1. The van der Waals surface area contributed by atoms with Crippen LogP contribution in [0.3, 0.4) is 0 Å². The van der Waals surface area contributed by atoms with Crippen LogP contribution in [-0.4, -0.2) is 59.3 Å². The zero-order valence-corrected chi connectivity index (χ0v) is 13.6. The van der Waals surface area contributed by atoms with Crippen LogP contribution in [0.25, 0.3) is 0 Å². The number of amides is 1. The molecule has 0 aromatic carbocycles. The summed E-state index contributed by atoms with van der Waals surface area (Å²) in [6.45, 7) is 4.86. The van der Waals surface area contributed by atoms with Crippen LogP contribution in [0.4, 0.5) is 0 Å². The fraction of sp³-hybridized carbons (Fsp3) is 0.875. The molecule has 1 heterocycles. The van der Waals surface area contributed by atoms with Gasteiger partial charge in [-0.05, 0) is 45.6 Å². The monoisotopic (exact) mass is 312 g/mol. The van der Waals surface area contributed by atoms with Crippen molar-refractivity contribution in [1.29, 1.82) is 0 Å². The molecule has 2 rings (SSSR count). The summed E-state index contributed by atoms with van der Waals surface area (Å²) < 4.78 is 5.71. The first-order valence-electron chi connectivity index (χ1n) is 8.38. The lowest BCUT2D eigenvalue weighted by Crippen LogP contribution is -2.54. The van der Waals surface area contributed by atoms with E-state index in [0.29, 0.717) is 12.5 Å². The molecule has 1 amide bonds. The van der Waals surface area contributed by atoms with Gasteiger partial charge in [-0.25, -0.2) is 0 Å². The van der Waals surface area contributed by atoms with Gasteiger partial charge >= 0.3 is 5.97 Å². The predicted octanol–water partition coefficient (Wildman–Crippen LogP) is 1.39. The molecular weight excluding hydrogens is 284 g/mol. The van der Waals surface area contributed by atoms with Gasteiger partial charge in [0.25, 0.3) is 0 Å². The number of carbonyl (C=O) groups excluding carboxylic acids is 1. The summed E-state index contributed by atoms with van der Waals surface area (Å²) in [6, 6.07) is 0.481. The Morgan fingerprint density at radius 1 is 1.32 bits per heavy atom. The van der Waals surface area contributed by atoms with E-state index in [0.717, 1.165) is 38.6 Å². The summed E-state index contributed by atoms with van der Waals surface area (Å²) in [6.07, 6.45) is 5.73. The number of carbonyl (C=O) groups is 2. The van der Waals surface area contributed by atoms with Gasteiger partial charge < -0.3 is 15.2 Å². The van der Waals surface area contributed by atoms with Crippen LogP contribution in [-0.2, 0) is 14.3 Å². The normalized spacial score (nSPS) is 31.0. The molecule has 1 aliphatic heterocycles. The van der Waals surface area contributed by atoms with Crippen LogP contribution >= 0.6 is 0 Å². The summed E-state index contributed by atoms with van der Waals surface area (Å²) in [5.74, 6) is -0.701. The smallest absolute Gasteiger partial charge is 0.317 e. The van der Waals surface area contributed by atoms with Gasteiger partial charge in [0, 0.05) is 18.5 Å². The maximum atomic E-state index is 11.9. The van der Waals surface area contributed by atoms with Crippen molar-refractivity contribution >= 4 is 11.9 Å². The molecule has 1 saturated heterocycles. The third-order valence-electron chi connectivity index (χ3n) is 4.75. The SMILES string of the molecule is CCN(CC(=O)O)C1CC(NC(=O)CC[C@@H]2CC[C@@H](C)O2)C1. The number of hydrogen-bond donors (Lipinski definition) is 2. The molecule has 2 atom stereocenters. The number of aliphatic carboxylic acids is 1. The summed E-state index contributed by atoms with van der Waals surface area (Å²) in [5, 5.41) is 11.9. The minimum absolute atomic E-state index is 0.0824. The molecule has 2 N–H and O–H groups in total. The highest BCUT2D eigenvalue weighted by molar-refractivity contribution is 5.76. The summed E-state index contributed by atoms with van der Waals surface area (Å²) in [7, 11) is 0. The minimum Gasteiger partial charge on any atom is -0.480 e. The Balaban J connectivity index is 1.60. The molecule has 0 bridgehead atoms. The standard InChI is InChI=1S/C16H28N2O4/c1-3-18(10-16(20)21)13-8-12(9-13)17-15(19)7-6-14-5-4-11(2)22-14/h11-14H,3-10H2,1-2H3,(H,17,19)(H,20,21)/t11-,12?,13?,14+/m1/s1. The molecule has 0 aromatic heterocycles. The van der Waals surface area contributed by atoms with E-state index in [1.807, 2.05) is 11.8 Å². The van der Waals surface area contributed by atoms with Crippen LogP contribution in [0.1, 0.15) is 52.4 Å². The summed E-state index contributed by atoms with van der Waals surface area (Å²) in [4.78, 5) is 24.7. The van der Waals surface area contributed by atoms with Crippen LogP contribution < -0.4 is 5.32 Å². The van der Waals surface area contributed by atoms with Gasteiger partial charge in [-0.2, -0.15) is 0 Å². The molecule has 2 fully saturated rings. The van der Waals surface area contributed by atoms with E-state index >= 15 is 0 Å². The van der Waals surface area contributed by atoms with Crippen LogP contribution in [0.15, 0.2) is 0 Å². The Kier molecular flexibility index (Phi) is 6.20. The van der Waals surface area contributed by atoms with Crippen molar-refractivity contribution in [3.8, 4) is 0 Å². The zero-order valence-electron chi connectivity index (χ0n) is 13.6. The van der Waals surface area contributed by atoms with Crippen molar-refractivity contribution in [2.45, 2.75) is 76.7 Å². The molecular formula is C16H28N2O4. The number of carboxylic acid groups (broad SMARTS) is 1. The second kappa shape index (κ2) is 7.92. The summed E-state index contributed by atoms with van der Waals surface area (Å²) in [5.41, 5.74) is 0. The third-order valence-corrected chi connectivity index (χ3v) is 4.75. The fourth-order valence-corrected chi connectivity index (χ4v) is 3.37. The molecule has 2 aliphatic rings. The molecule has 1 saturated carbocycles. The number of carboxylic acids is 1. The van der Waals surface area contributed by atoms with Gasteiger partial charge in [0.2, 0.25) is 5.91 Å². The Hall–Kier alpha value is -1.14. The van der Waals surface area contributed by atoms with E-state index in [1.165, 1.54) is 0 Å². The topological polar surface area (TPSA) is 78.9 Å². The van der Waals surface area contributed by atoms with E-state index in [2.05, 4.69) is 12.2 Å². The minimum atomic E-state index is -0.792. The Morgan fingerprint density at radius 2 is 2.05 bits per heavy atom. The van der Waals surface area contributed by atoms with Crippen molar-refractivity contribution in [2.24, 2.45) is 0 Å². The highest BCUT2D eigenvalue weighted by Gasteiger charge is 2.34. The second-order valence-corrected chi connectivity index (χ2v) is 6.53. The van der Waals surface area contributed by atoms with Crippen molar-refractivity contribution in [3.05, 3.63) is 0 Å². The first-order chi connectivity index (χ1) is 10.5. The largest absolute Gasteiger partial charge is 0.480 e. The molecule has 0 unspecified atom stereocenters. The molecule has 126 valence electrons. The highest BCUT2D eigenvalue weighted by atomic mass is 16.5. The van der Waals surface area contributed by atoms with E-state index in [4.69, 9.17) is 9.84 Å². The average molecular weight is 312 g/mol. The fourth-order valence-electron chi connectivity index (χ4n) is 3.37. The first-order valence-corrected chi connectivity index (χ1v) is 8.38. The molecule has 6 nitrogen and oxygen atoms in total. The lowest BCUT2D eigenvalue weighted by atomic mass is 9.85. The van der Waals surface area contributed by atoms with Crippen molar-refractivity contribution < 1.29 is 19.4 Å². The maximum absolute atomic E-state index is 11.9. The van der Waals surface area contributed by atoms with Crippen LogP contribution in [0, 0.1) is 0 Å². The predicted molar refractivity (Wildman–Crippen MR) is 82.6 cm³/mol. The van der Waals surface area contributed by atoms with E-state index in [9.17, 15) is 9.59 Å². The summed E-state index contributed by atoms with van der Waals surface area (Å²) >= 11 is 0. The Bertz CT molecular complexity index is 396. The van der Waals surface area contributed by atoms with E-state index < -0.39 is 5.97 Å². The molecule has 6 heteroatoms. The number of hydrogen-bond acceptors (Lipinski definition) is 4. The van der Waals surface area contributed by atoms with Gasteiger partial charge in [-0.15, -0.1) is 0 Å². The third kappa shape index (κ3) is 4.95. The molecule has 1 aliphatic carbocycles. The van der Waals surface area contributed by atoms with E-state index in [-0.39, 0.29) is 30.6 Å². The van der Waals surface area contributed by atoms with Crippen LogP contribution in [0.5, 0.6) is 0 Å². The van der Waals surface area contributed by atoms with Gasteiger partial charge in [0.1, 0.15) is 0 Å². The second-order valence-electron chi connectivity index (χ2n) is 6.53. The van der Waals surface area contributed by atoms with Crippen molar-refractivity contribution in [2.75, 3.05) is 13.1 Å². The van der Waals surface area contributed by atoms with Gasteiger partial charge in [-0.1, -0.05) is 6.92 Å². The lowest BCUT2D eigenvalue weighted by molar-refractivity contribution is -0.139. The molecule has 0 radical (unpaired) electrons. The average Bonchev–Trinajstić information content (AvgIpc) is 2.83. The number of ether oxygens (including phenoxy) is 1. The molecule has 0 aromatic rings. The zero-order chi connectivity index (χ0) is 16.1. The number of rotatable bonds is 8. The molecule has 0 spiro atoms. The number of nitrogens with zero attached hydrogens (tertiary/aromatic N) is 1. The van der Waals surface area contributed by atoms with Gasteiger partial charge in [-0.3, -0.25) is 14.5 Å². The quantitative estimate of drug-likeness (QED) is 0.708. The Labute approximate surface area is 132 Å². The molecule has 22 heavy (non-hydrogen) atoms. The highest BCUT2D eigenvalue weighted by Crippen LogP contribution is 2.26. The Morgan fingerprint density at radius 3 is 2.59 bits per heavy atom. The van der Waals surface area contributed by atoms with Gasteiger partial charge in [0.05, 0.1) is 18.8 Å².